The minimum absolute atomic E-state index is 0.0620. The van der Waals surface area contributed by atoms with Gasteiger partial charge in [-0.05, 0) is 54.8 Å². The maximum absolute atomic E-state index is 13.0. The molecule has 154 valence electrons. The molecule has 1 amide bonds. The van der Waals surface area contributed by atoms with E-state index in [0.29, 0.717) is 39.1 Å². The van der Waals surface area contributed by atoms with Gasteiger partial charge in [0.25, 0.3) is 5.91 Å². The number of carboxylic acid groups (broad SMARTS) is 1. The SMILES string of the molecule is C=CCc1cc(/C=C2\SC(=S)N(c3cccc(C(=O)O)c3)C2=O)cc(OCC)c1[O-]. The van der Waals surface area contributed by atoms with Crippen LogP contribution < -0.4 is 14.7 Å². The number of anilines is 1. The van der Waals surface area contributed by atoms with Gasteiger partial charge in [0.05, 0.1) is 22.8 Å². The van der Waals surface area contributed by atoms with Crippen LogP contribution >= 0.6 is 24.0 Å². The van der Waals surface area contributed by atoms with Crippen molar-refractivity contribution in [2.75, 3.05) is 11.5 Å². The first kappa shape index (κ1) is 21.6. The molecule has 30 heavy (non-hydrogen) atoms. The van der Waals surface area contributed by atoms with Crippen LogP contribution in [0.15, 0.2) is 54.0 Å². The van der Waals surface area contributed by atoms with Crippen LogP contribution in [0.2, 0.25) is 0 Å². The maximum Gasteiger partial charge on any atom is 0.335 e. The quantitative estimate of drug-likeness (QED) is 0.395. The van der Waals surface area contributed by atoms with E-state index in [-0.39, 0.29) is 23.0 Å². The van der Waals surface area contributed by atoms with Gasteiger partial charge in [0.2, 0.25) is 0 Å². The van der Waals surface area contributed by atoms with Crippen molar-refractivity contribution in [3.63, 3.8) is 0 Å². The summed E-state index contributed by atoms with van der Waals surface area (Å²) in [7, 11) is 0. The number of allylic oxidation sites excluding steroid dienone is 1. The van der Waals surface area contributed by atoms with E-state index in [9.17, 15) is 19.8 Å². The Bertz CT molecular complexity index is 1080. The Kier molecular flexibility index (Phi) is 6.59. The van der Waals surface area contributed by atoms with E-state index in [1.807, 2.05) is 0 Å². The molecule has 1 N–H and O–H groups in total. The fourth-order valence-electron chi connectivity index (χ4n) is 2.96. The molecule has 1 aliphatic heterocycles. The largest absolute Gasteiger partial charge is 0.870 e. The van der Waals surface area contributed by atoms with Crippen molar-refractivity contribution in [2.24, 2.45) is 0 Å². The summed E-state index contributed by atoms with van der Waals surface area (Å²) in [5.41, 5.74) is 1.60. The third kappa shape index (κ3) is 4.39. The molecule has 0 radical (unpaired) electrons. The van der Waals surface area contributed by atoms with Crippen LogP contribution in [0.1, 0.15) is 28.4 Å². The average Bonchev–Trinajstić information content (AvgIpc) is 2.99. The van der Waals surface area contributed by atoms with E-state index < -0.39 is 5.97 Å². The van der Waals surface area contributed by atoms with Crippen molar-refractivity contribution >= 4 is 51.9 Å². The second-order valence-corrected chi connectivity index (χ2v) is 7.98. The number of nitrogens with zero attached hydrogens (tertiary/aromatic N) is 1. The molecule has 0 spiro atoms. The molecular formula is C22H18NO5S2-. The molecule has 0 aliphatic carbocycles. The molecule has 0 bridgehead atoms. The van der Waals surface area contributed by atoms with Crippen molar-refractivity contribution < 1.29 is 24.5 Å². The molecule has 3 rings (SSSR count). The van der Waals surface area contributed by atoms with E-state index in [1.165, 1.54) is 17.0 Å². The summed E-state index contributed by atoms with van der Waals surface area (Å²) in [4.78, 5) is 25.9. The van der Waals surface area contributed by atoms with Gasteiger partial charge in [0.15, 0.2) is 4.32 Å². The number of aromatic carboxylic acids is 1. The van der Waals surface area contributed by atoms with E-state index in [4.69, 9.17) is 17.0 Å². The molecule has 0 atom stereocenters. The Labute approximate surface area is 183 Å². The van der Waals surface area contributed by atoms with Gasteiger partial charge in [0.1, 0.15) is 5.75 Å². The zero-order valence-corrected chi connectivity index (χ0v) is 17.7. The summed E-state index contributed by atoms with van der Waals surface area (Å²) >= 11 is 6.46. The predicted octanol–water partition coefficient (Wildman–Crippen LogP) is 3.99. The van der Waals surface area contributed by atoms with Crippen LogP contribution in [-0.4, -0.2) is 27.9 Å². The van der Waals surface area contributed by atoms with Crippen LogP contribution in [0, 0.1) is 0 Å². The number of ether oxygens (including phenoxy) is 1. The minimum atomic E-state index is -1.09. The Hall–Kier alpha value is -3.10. The standard InChI is InChI=1S/C22H19NO5S2/c1-3-6-14-9-13(10-17(19(14)24)28-4-2)11-18-20(25)23(22(29)30-18)16-8-5-7-15(12-16)21(26)27/h3,5,7-12,24H,1,4,6H2,2H3,(H,26,27)/p-1/b18-11-. The van der Waals surface area contributed by atoms with Crippen LogP contribution in [0.4, 0.5) is 5.69 Å². The summed E-state index contributed by atoms with van der Waals surface area (Å²) in [6, 6.07) is 9.32. The fraction of sp³-hybridized carbons (Fsp3) is 0.136. The number of thioether (sulfide) groups is 1. The smallest absolute Gasteiger partial charge is 0.335 e. The molecule has 2 aromatic carbocycles. The van der Waals surface area contributed by atoms with Crippen molar-refractivity contribution in [1.29, 1.82) is 0 Å². The average molecular weight is 441 g/mol. The van der Waals surface area contributed by atoms with Crippen molar-refractivity contribution in [2.45, 2.75) is 13.3 Å². The monoisotopic (exact) mass is 440 g/mol. The lowest BCUT2D eigenvalue weighted by atomic mass is 10.0. The van der Waals surface area contributed by atoms with Gasteiger partial charge in [-0.15, -0.1) is 6.58 Å². The first-order chi connectivity index (χ1) is 14.3. The van der Waals surface area contributed by atoms with E-state index in [0.717, 1.165) is 11.8 Å². The Morgan fingerprint density at radius 2 is 2.13 bits per heavy atom. The third-order valence-corrected chi connectivity index (χ3v) is 5.56. The van der Waals surface area contributed by atoms with Gasteiger partial charge < -0.3 is 14.9 Å². The molecule has 1 aliphatic rings. The molecule has 0 aromatic heterocycles. The fourth-order valence-corrected chi connectivity index (χ4v) is 4.26. The molecule has 8 heteroatoms. The third-order valence-electron chi connectivity index (χ3n) is 4.26. The highest BCUT2D eigenvalue weighted by Gasteiger charge is 2.33. The number of carbonyl (C=O) groups is 2. The number of carboxylic acids is 1. The lowest BCUT2D eigenvalue weighted by Gasteiger charge is -2.19. The van der Waals surface area contributed by atoms with Gasteiger partial charge in [-0.25, -0.2) is 4.79 Å². The van der Waals surface area contributed by atoms with Gasteiger partial charge >= 0.3 is 5.97 Å². The van der Waals surface area contributed by atoms with Gasteiger partial charge in [-0.3, -0.25) is 9.69 Å². The highest BCUT2D eigenvalue weighted by molar-refractivity contribution is 8.27. The predicted molar refractivity (Wildman–Crippen MR) is 120 cm³/mol. The lowest BCUT2D eigenvalue weighted by Crippen LogP contribution is -2.27. The van der Waals surface area contributed by atoms with Gasteiger partial charge in [0, 0.05) is 0 Å². The number of amides is 1. The van der Waals surface area contributed by atoms with Crippen LogP contribution in [-0.2, 0) is 11.2 Å². The molecule has 2 aromatic rings. The van der Waals surface area contributed by atoms with Crippen LogP contribution in [0.3, 0.4) is 0 Å². The Morgan fingerprint density at radius 1 is 1.37 bits per heavy atom. The van der Waals surface area contributed by atoms with Gasteiger partial charge in [-0.1, -0.05) is 47.9 Å². The Balaban J connectivity index is 1.98. The second-order valence-electron chi connectivity index (χ2n) is 6.31. The van der Waals surface area contributed by atoms with Crippen molar-refractivity contribution in [3.8, 4) is 11.5 Å². The zero-order chi connectivity index (χ0) is 21.8. The van der Waals surface area contributed by atoms with E-state index in [1.54, 1.807) is 43.3 Å². The Morgan fingerprint density at radius 3 is 2.80 bits per heavy atom. The van der Waals surface area contributed by atoms with E-state index >= 15 is 0 Å². The molecule has 0 unspecified atom stereocenters. The minimum Gasteiger partial charge on any atom is -0.870 e. The summed E-state index contributed by atoms with van der Waals surface area (Å²) in [6.07, 6.45) is 3.66. The highest BCUT2D eigenvalue weighted by Crippen LogP contribution is 2.38. The summed E-state index contributed by atoms with van der Waals surface area (Å²) in [5, 5.41) is 21.6. The molecule has 6 nitrogen and oxygen atoms in total. The molecule has 1 fully saturated rings. The number of rotatable bonds is 7. The van der Waals surface area contributed by atoms with Crippen molar-refractivity contribution in [1.82, 2.24) is 0 Å². The van der Waals surface area contributed by atoms with Gasteiger partial charge in [-0.2, -0.15) is 0 Å². The highest BCUT2D eigenvalue weighted by atomic mass is 32.2. The number of benzene rings is 2. The molecule has 1 saturated heterocycles. The summed E-state index contributed by atoms with van der Waals surface area (Å²) in [6.45, 7) is 5.80. The molecule has 1 heterocycles. The van der Waals surface area contributed by atoms with Crippen LogP contribution in [0.5, 0.6) is 11.5 Å². The first-order valence-corrected chi connectivity index (χ1v) is 10.3. The maximum atomic E-state index is 13.0. The normalized spacial score (nSPS) is 15.0. The summed E-state index contributed by atoms with van der Waals surface area (Å²) < 4.78 is 5.74. The molecular weight excluding hydrogens is 422 g/mol. The number of hydrogen-bond donors (Lipinski definition) is 1. The first-order valence-electron chi connectivity index (χ1n) is 9.04. The number of hydrogen-bond acceptors (Lipinski definition) is 6. The number of carbonyl (C=O) groups excluding carboxylic acids is 1. The second kappa shape index (κ2) is 9.15. The van der Waals surface area contributed by atoms with Crippen LogP contribution in [0.25, 0.3) is 6.08 Å². The topological polar surface area (TPSA) is 89.9 Å². The zero-order valence-electron chi connectivity index (χ0n) is 16.1. The van der Waals surface area contributed by atoms with E-state index in [2.05, 4.69) is 6.58 Å². The van der Waals surface area contributed by atoms with Crippen molar-refractivity contribution in [3.05, 3.63) is 70.6 Å². The lowest BCUT2D eigenvalue weighted by molar-refractivity contribution is -0.271. The molecule has 0 saturated carbocycles. The number of thiocarbonyl (C=S) groups is 1. The summed E-state index contributed by atoms with van der Waals surface area (Å²) in [5.74, 6) is -1.43.